The maximum Gasteiger partial charge on any atom is 0.331 e. The normalized spacial score (nSPS) is 14.0. The molecule has 0 saturated carbocycles. The standard InChI is InChI=1S/C16H23NO5/c1-15(2,3)22-12-8-6-11(7-9-12)13(18)17-16(4,10-21-5)14(19)20/h6-9H,10H2,1-5H3,(H,17,18)(H,19,20). The van der Waals surface area contributed by atoms with Gasteiger partial charge in [0.25, 0.3) is 5.91 Å². The number of carboxylic acids is 1. The Morgan fingerprint density at radius 3 is 2.09 bits per heavy atom. The first-order valence-corrected chi connectivity index (χ1v) is 6.91. The average molecular weight is 309 g/mol. The van der Waals surface area contributed by atoms with Crippen LogP contribution in [0.1, 0.15) is 38.1 Å². The maximum atomic E-state index is 12.2. The van der Waals surface area contributed by atoms with Gasteiger partial charge in [0.15, 0.2) is 5.54 Å². The summed E-state index contributed by atoms with van der Waals surface area (Å²) in [7, 11) is 1.38. The molecule has 0 heterocycles. The van der Waals surface area contributed by atoms with Crippen molar-refractivity contribution in [3.63, 3.8) is 0 Å². The minimum absolute atomic E-state index is 0.126. The van der Waals surface area contributed by atoms with Crippen LogP contribution in [-0.2, 0) is 9.53 Å². The fraction of sp³-hybridized carbons (Fsp3) is 0.500. The van der Waals surface area contributed by atoms with E-state index in [1.54, 1.807) is 24.3 Å². The summed E-state index contributed by atoms with van der Waals surface area (Å²) in [4.78, 5) is 23.4. The van der Waals surface area contributed by atoms with Crippen LogP contribution >= 0.6 is 0 Å². The lowest BCUT2D eigenvalue weighted by molar-refractivity contribution is -0.145. The summed E-state index contributed by atoms with van der Waals surface area (Å²) in [6.45, 7) is 7.05. The molecule has 1 atom stereocenters. The molecule has 0 bridgehead atoms. The molecule has 0 spiro atoms. The van der Waals surface area contributed by atoms with Crippen molar-refractivity contribution in [2.45, 2.75) is 38.8 Å². The van der Waals surface area contributed by atoms with Crippen LogP contribution in [0.2, 0.25) is 0 Å². The Kier molecular flexibility index (Phi) is 5.54. The molecule has 122 valence electrons. The largest absolute Gasteiger partial charge is 0.488 e. The number of benzene rings is 1. The predicted molar refractivity (Wildman–Crippen MR) is 82.2 cm³/mol. The third-order valence-corrected chi connectivity index (χ3v) is 2.83. The van der Waals surface area contributed by atoms with E-state index in [0.29, 0.717) is 11.3 Å². The molecule has 1 aromatic rings. The molecular formula is C16H23NO5. The number of methoxy groups -OCH3 is 1. The number of amides is 1. The minimum Gasteiger partial charge on any atom is -0.488 e. The Hall–Kier alpha value is -2.08. The lowest BCUT2D eigenvalue weighted by atomic mass is 10.0. The maximum absolute atomic E-state index is 12.2. The number of ether oxygens (including phenoxy) is 2. The van der Waals surface area contributed by atoms with Gasteiger partial charge < -0.3 is 19.9 Å². The molecule has 1 unspecified atom stereocenters. The van der Waals surface area contributed by atoms with E-state index in [0.717, 1.165) is 0 Å². The number of carbonyl (C=O) groups excluding carboxylic acids is 1. The highest BCUT2D eigenvalue weighted by molar-refractivity contribution is 5.97. The van der Waals surface area contributed by atoms with Crippen LogP contribution in [0.3, 0.4) is 0 Å². The van der Waals surface area contributed by atoms with Gasteiger partial charge in [-0.15, -0.1) is 0 Å². The van der Waals surface area contributed by atoms with Crippen molar-refractivity contribution >= 4 is 11.9 Å². The van der Waals surface area contributed by atoms with Crippen LogP contribution in [-0.4, -0.2) is 41.8 Å². The second kappa shape index (κ2) is 6.79. The molecule has 0 radical (unpaired) electrons. The molecule has 6 nitrogen and oxygen atoms in total. The van der Waals surface area contributed by atoms with Crippen LogP contribution < -0.4 is 10.1 Å². The number of rotatable bonds is 6. The van der Waals surface area contributed by atoms with E-state index in [-0.39, 0.29) is 12.2 Å². The van der Waals surface area contributed by atoms with Crippen LogP contribution in [0.25, 0.3) is 0 Å². The first-order valence-electron chi connectivity index (χ1n) is 6.91. The molecule has 0 aliphatic rings. The number of aliphatic carboxylic acids is 1. The second-order valence-corrected chi connectivity index (χ2v) is 6.26. The van der Waals surface area contributed by atoms with Crippen molar-refractivity contribution in [2.24, 2.45) is 0 Å². The molecule has 0 aromatic heterocycles. The van der Waals surface area contributed by atoms with Crippen molar-refractivity contribution in [3.05, 3.63) is 29.8 Å². The summed E-state index contributed by atoms with van der Waals surface area (Å²) in [5.74, 6) is -0.999. The summed E-state index contributed by atoms with van der Waals surface area (Å²) in [6, 6.07) is 6.53. The highest BCUT2D eigenvalue weighted by Gasteiger charge is 2.35. The number of carboxylic acid groups (broad SMARTS) is 1. The topological polar surface area (TPSA) is 84.9 Å². The molecule has 22 heavy (non-hydrogen) atoms. The summed E-state index contributed by atoms with van der Waals surface area (Å²) in [5.41, 5.74) is -1.46. The smallest absolute Gasteiger partial charge is 0.331 e. The minimum atomic E-state index is -1.48. The zero-order valence-electron chi connectivity index (χ0n) is 13.6. The molecule has 1 aromatic carbocycles. The van der Waals surface area contributed by atoms with Gasteiger partial charge in [0.1, 0.15) is 11.4 Å². The number of nitrogens with one attached hydrogen (secondary N) is 1. The van der Waals surface area contributed by atoms with Gasteiger partial charge in [-0.25, -0.2) is 4.79 Å². The first kappa shape index (κ1) is 18.0. The molecule has 6 heteroatoms. The Bertz CT molecular complexity index is 532. The van der Waals surface area contributed by atoms with Crippen LogP contribution in [0.4, 0.5) is 0 Å². The van der Waals surface area contributed by atoms with E-state index < -0.39 is 17.4 Å². The van der Waals surface area contributed by atoms with Gasteiger partial charge in [0, 0.05) is 12.7 Å². The first-order chi connectivity index (χ1) is 10.1. The highest BCUT2D eigenvalue weighted by atomic mass is 16.5. The highest BCUT2D eigenvalue weighted by Crippen LogP contribution is 2.19. The van der Waals surface area contributed by atoms with E-state index >= 15 is 0 Å². The summed E-state index contributed by atoms with van der Waals surface area (Å²) in [6.07, 6.45) is 0. The van der Waals surface area contributed by atoms with Gasteiger partial charge in [0.2, 0.25) is 0 Å². The number of hydrogen-bond acceptors (Lipinski definition) is 4. The Morgan fingerprint density at radius 1 is 1.14 bits per heavy atom. The van der Waals surface area contributed by atoms with E-state index in [1.807, 2.05) is 20.8 Å². The zero-order valence-corrected chi connectivity index (χ0v) is 13.6. The zero-order chi connectivity index (χ0) is 17.0. The second-order valence-electron chi connectivity index (χ2n) is 6.26. The third kappa shape index (κ3) is 5.04. The van der Waals surface area contributed by atoms with Crippen LogP contribution in [0.15, 0.2) is 24.3 Å². The van der Waals surface area contributed by atoms with Gasteiger partial charge in [-0.2, -0.15) is 0 Å². The Morgan fingerprint density at radius 2 is 1.68 bits per heavy atom. The molecule has 0 aliphatic carbocycles. The van der Waals surface area contributed by atoms with Crippen LogP contribution in [0, 0.1) is 0 Å². The lowest BCUT2D eigenvalue weighted by Crippen LogP contribution is -2.55. The molecule has 2 N–H and O–H groups in total. The predicted octanol–water partition coefficient (Wildman–Crippen LogP) is 2.08. The van der Waals surface area contributed by atoms with E-state index in [9.17, 15) is 14.7 Å². The molecule has 0 aliphatic heterocycles. The van der Waals surface area contributed by atoms with Crippen molar-refractivity contribution in [2.75, 3.05) is 13.7 Å². The molecule has 1 rings (SSSR count). The number of carbonyl (C=O) groups is 2. The molecule has 0 fully saturated rings. The summed E-state index contributed by atoms with van der Waals surface area (Å²) in [5, 5.41) is 11.7. The fourth-order valence-corrected chi connectivity index (χ4v) is 1.79. The quantitative estimate of drug-likeness (QED) is 0.840. The Balaban J connectivity index is 2.83. The summed E-state index contributed by atoms with van der Waals surface area (Å²) >= 11 is 0. The van der Waals surface area contributed by atoms with Crippen LogP contribution in [0.5, 0.6) is 5.75 Å². The Labute approximate surface area is 130 Å². The van der Waals surface area contributed by atoms with Gasteiger partial charge in [-0.05, 0) is 52.0 Å². The van der Waals surface area contributed by atoms with Gasteiger partial charge in [-0.1, -0.05) is 0 Å². The third-order valence-electron chi connectivity index (χ3n) is 2.83. The SMILES string of the molecule is COCC(C)(NC(=O)c1ccc(OC(C)(C)C)cc1)C(=O)O. The molecule has 1 amide bonds. The lowest BCUT2D eigenvalue weighted by Gasteiger charge is -2.25. The molecular weight excluding hydrogens is 286 g/mol. The van der Waals surface area contributed by atoms with Gasteiger partial charge in [-0.3, -0.25) is 4.79 Å². The fourth-order valence-electron chi connectivity index (χ4n) is 1.79. The monoisotopic (exact) mass is 309 g/mol. The summed E-state index contributed by atoms with van der Waals surface area (Å²) < 4.78 is 10.5. The van der Waals surface area contributed by atoms with E-state index in [1.165, 1.54) is 14.0 Å². The average Bonchev–Trinajstić information content (AvgIpc) is 2.37. The van der Waals surface area contributed by atoms with Crippen molar-refractivity contribution in [3.8, 4) is 5.75 Å². The van der Waals surface area contributed by atoms with E-state index in [2.05, 4.69) is 5.32 Å². The molecule has 0 saturated heterocycles. The number of hydrogen-bond donors (Lipinski definition) is 2. The van der Waals surface area contributed by atoms with E-state index in [4.69, 9.17) is 9.47 Å². The van der Waals surface area contributed by atoms with Crippen molar-refractivity contribution < 1.29 is 24.2 Å². The van der Waals surface area contributed by atoms with Crippen molar-refractivity contribution in [1.82, 2.24) is 5.32 Å². The van der Waals surface area contributed by atoms with Crippen molar-refractivity contribution in [1.29, 1.82) is 0 Å². The van der Waals surface area contributed by atoms with Gasteiger partial charge >= 0.3 is 5.97 Å². The van der Waals surface area contributed by atoms with Gasteiger partial charge in [0.05, 0.1) is 6.61 Å².